The summed E-state index contributed by atoms with van der Waals surface area (Å²) in [6.07, 6.45) is 1.67. The fraction of sp³-hybridized carbons (Fsp3) is 0.0909. The van der Waals surface area contributed by atoms with Gasteiger partial charge in [0.15, 0.2) is 0 Å². The van der Waals surface area contributed by atoms with Crippen LogP contribution in [0.4, 0.5) is 4.39 Å². The molecule has 1 amide bonds. The molecule has 2 rings (SSSR count). The van der Waals surface area contributed by atoms with Gasteiger partial charge in [0, 0.05) is 17.1 Å². The van der Waals surface area contributed by atoms with E-state index in [4.69, 9.17) is 0 Å². The van der Waals surface area contributed by atoms with E-state index in [0.29, 0.717) is 12.1 Å². The van der Waals surface area contributed by atoms with E-state index in [-0.39, 0.29) is 5.91 Å². The van der Waals surface area contributed by atoms with Crippen molar-refractivity contribution in [1.82, 2.24) is 10.3 Å². The van der Waals surface area contributed by atoms with Gasteiger partial charge in [0.05, 0.1) is 6.54 Å². The van der Waals surface area contributed by atoms with Crippen molar-refractivity contribution >= 4 is 17.2 Å². The van der Waals surface area contributed by atoms with Crippen LogP contribution in [0.3, 0.4) is 0 Å². The Morgan fingerprint density at radius 2 is 2.38 bits per heavy atom. The first-order chi connectivity index (χ1) is 7.75. The van der Waals surface area contributed by atoms with Crippen molar-refractivity contribution in [2.45, 2.75) is 6.54 Å². The molecule has 1 heterocycles. The number of halogens is 1. The van der Waals surface area contributed by atoms with Crippen LogP contribution in [0.15, 0.2) is 35.8 Å². The number of nitrogens with one attached hydrogen (secondary N) is 1. The highest BCUT2D eigenvalue weighted by Gasteiger charge is 2.06. The highest BCUT2D eigenvalue weighted by Crippen LogP contribution is 2.05. The van der Waals surface area contributed by atoms with Crippen molar-refractivity contribution < 1.29 is 9.18 Å². The third-order valence-electron chi connectivity index (χ3n) is 1.97. The van der Waals surface area contributed by atoms with Gasteiger partial charge in [-0.05, 0) is 18.2 Å². The summed E-state index contributed by atoms with van der Waals surface area (Å²) >= 11 is 1.46. The summed E-state index contributed by atoms with van der Waals surface area (Å²) in [5, 5.41) is 5.33. The lowest BCUT2D eigenvalue weighted by atomic mass is 10.2. The Kier molecular flexibility index (Phi) is 3.26. The maximum absolute atomic E-state index is 12.9. The number of hydrogen-bond acceptors (Lipinski definition) is 3. The zero-order valence-corrected chi connectivity index (χ0v) is 9.13. The standard InChI is InChI=1S/C11H9FN2OS/c12-9-3-1-2-8(6-9)11(15)14-7-10-13-4-5-16-10/h1-6H,7H2,(H,14,15). The Morgan fingerprint density at radius 1 is 1.50 bits per heavy atom. The second-order valence-corrected chi connectivity index (χ2v) is 4.10. The third kappa shape index (κ3) is 2.64. The number of benzene rings is 1. The number of thiazole rings is 1. The number of amides is 1. The molecule has 0 saturated carbocycles. The van der Waals surface area contributed by atoms with E-state index in [9.17, 15) is 9.18 Å². The smallest absolute Gasteiger partial charge is 0.251 e. The average Bonchev–Trinajstić information content (AvgIpc) is 2.78. The minimum Gasteiger partial charge on any atom is -0.346 e. The predicted octanol–water partition coefficient (Wildman–Crippen LogP) is 2.21. The minimum absolute atomic E-state index is 0.297. The lowest BCUT2D eigenvalue weighted by Crippen LogP contribution is -2.22. The number of carbonyl (C=O) groups excluding carboxylic acids is 1. The summed E-state index contributed by atoms with van der Waals surface area (Å²) in [6.45, 7) is 0.368. The molecule has 0 fully saturated rings. The van der Waals surface area contributed by atoms with Crippen LogP contribution >= 0.6 is 11.3 Å². The van der Waals surface area contributed by atoms with E-state index >= 15 is 0 Å². The van der Waals surface area contributed by atoms with E-state index < -0.39 is 5.82 Å². The molecule has 1 aromatic heterocycles. The summed E-state index contributed by atoms with van der Waals surface area (Å²) in [5.74, 6) is -0.711. The fourth-order valence-corrected chi connectivity index (χ4v) is 1.78. The van der Waals surface area contributed by atoms with E-state index in [1.54, 1.807) is 12.3 Å². The van der Waals surface area contributed by atoms with Gasteiger partial charge >= 0.3 is 0 Å². The molecule has 1 aromatic carbocycles. The molecule has 0 atom stereocenters. The van der Waals surface area contributed by atoms with Gasteiger partial charge < -0.3 is 5.32 Å². The molecule has 0 saturated heterocycles. The summed E-state index contributed by atoms with van der Waals surface area (Å²) < 4.78 is 12.9. The average molecular weight is 236 g/mol. The van der Waals surface area contributed by atoms with Crippen molar-refractivity contribution in [3.8, 4) is 0 Å². The molecule has 0 radical (unpaired) electrons. The van der Waals surface area contributed by atoms with Crippen LogP contribution in [0.2, 0.25) is 0 Å². The van der Waals surface area contributed by atoms with Crippen molar-refractivity contribution in [1.29, 1.82) is 0 Å². The van der Waals surface area contributed by atoms with Gasteiger partial charge in [0.1, 0.15) is 10.8 Å². The Labute approximate surface area is 96.0 Å². The quantitative estimate of drug-likeness (QED) is 0.887. The highest BCUT2D eigenvalue weighted by molar-refractivity contribution is 7.09. The van der Waals surface area contributed by atoms with Crippen molar-refractivity contribution in [2.24, 2.45) is 0 Å². The lowest BCUT2D eigenvalue weighted by molar-refractivity contribution is 0.0950. The Bertz CT molecular complexity index is 484. The molecule has 1 N–H and O–H groups in total. The molecule has 16 heavy (non-hydrogen) atoms. The van der Waals surface area contributed by atoms with Gasteiger partial charge in [-0.15, -0.1) is 11.3 Å². The predicted molar refractivity (Wildman–Crippen MR) is 59.7 cm³/mol. The summed E-state index contributed by atoms with van der Waals surface area (Å²) in [7, 11) is 0. The largest absolute Gasteiger partial charge is 0.346 e. The van der Waals surface area contributed by atoms with Gasteiger partial charge in [0.2, 0.25) is 0 Å². The number of aromatic nitrogens is 1. The Morgan fingerprint density at radius 3 is 3.06 bits per heavy atom. The topological polar surface area (TPSA) is 42.0 Å². The van der Waals surface area contributed by atoms with E-state index in [1.807, 2.05) is 5.38 Å². The van der Waals surface area contributed by atoms with Crippen molar-refractivity contribution in [2.75, 3.05) is 0 Å². The number of rotatable bonds is 3. The highest BCUT2D eigenvalue weighted by atomic mass is 32.1. The van der Waals surface area contributed by atoms with E-state index in [0.717, 1.165) is 5.01 Å². The SMILES string of the molecule is O=C(NCc1nccs1)c1cccc(F)c1. The molecule has 0 aliphatic heterocycles. The lowest BCUT2D eigenvalue weighted by Gasteiger charge is -2.02. The number of nitrogens with zero attached hydrogens (tertiary/aromatic N) is 1. The molecular weight excluding hydrogens is 227 g/mol. The molecular formula is C11H9FN2OS. The van der Waals surface area contributed by atoms with Crippen LogP contribution in [-0.2, 0) is 6.54 Å². The van der Waals surface area contributed by atoms with Crippen molar-refractivity contribution in [3.05, 3.63) is 52.2 Å². The first-order valence-corrected chi connectivity index (χ1v) is 5.56. The second-order valence-electron chi connectivity index (χ2n) is 3.12. The van der Waals surface area contributed by atoms with Crippen LogP contribution in [0.25, 0.3) is 0 Å². The molecule has 0 spiro atoms. The fourth-order valence-electron chi connectivity index (χ4n) is 1.23. The van der Waals surface area contributed by atoms with Gasteiger partial charge in [-0.3, -0.25) is 4.79 Å². The minimum atomic E-state index is -0.415. The maximum atomic E-state index is 12.9. The van der Waals surface area contributed by atoms with Gasteiger partial charge in [0.25, 0.3) is 5.91 Å². The number of hydrogen-bond donors (Lipinski definition) is 1. The summed E-state index contributed by atoms with van der Waals surface area (Å²) in [4.78, 5) is 15.6. The number of carbonyl (C=O) groups is 1. The van der Waals surface area contributed by atoms with Crippen LogP contribution < -0.4 is 5.32 Å². The molecule has 2 aromatic rings. The summed E-state index contributed by atoms with van der Waals surface area (Å²) in [5.41, 5.74) is 0.316. The first-order valence-electron chi connectivity index (χ1n) is 4.68. The first kappa shape index (κ1) is 10.8. The van der Waals surface area contributed by atoms with Crippen molar-refractivity contribution in [3.63, 3.8) is 0 Å². The molecule has 0 aliphatic carbocycles. The summed E-state index contributed by atoms with van der Waals surface area (Å²) in [6, 6.07) is 5.59. The third-order valence-corrected chi connectivity index (χ3v) is 2.75. The molecule has 0 aliphatic rings. The molecule has 0 unspecified atom stereocenters. The van der Waals surface area contributed by atoms with Gasteiger partial charge in [-0.2, -0.15) is 0 Å². The zero-order valence-electron chi connectivity index (χ0n) is 8.31. The van der Waals surface area contributed by atoms with E-state index in [1.165, 1.54) is 29.5 Å². The van der Waals surface area contributed by atoms with E-state index in [2.05, 4.69) is 10.3 Å². The van der Waals surface area contributed by atoms with Crippen LogP contribution in [0.1, 0.15) is 15.4 Å². The van der Waals surface area contributed by atoms with Crippen LogP contribution in [-0.4, -0.2) is 10.9 Å². The Balaban J connectivity index is 1.98. The monoisotopic (exact) mass is 236 g/mol. The van der Waals surface area contributed by atoms with Crippen LogP contribution in [0.5, 0.6) is 0 Å². The Hall–Kier alpha value is -1.75. The molecule has 82 valence electrons. The molecule has 3 nitrogen and oxygen atoms in total. The van der Waals surface area contributed by atoms with Crippen LogP contribution in [0, 0.1) is 5.82 Å². The normalized spacial score (nSPS) is 10.1. The zero-order chi connectivity index (χ0) is 11.4. The van der Waals surface area contributed by atoms with Gasteiger partial charge in [-0.1, -0.05) is 6.07 Å². The maximum Gasteiger partial charge on any atom is 0.251 e. The molecule has 5 heteroatoms. The molecule has 0 bridgehead atoms. The second kappa shape index (κ2) is 4.85. The van der Waals surface area contributed by atoms with Gasteiger partial charge in [-0.25, -0.2) is 9.37 Å².